The first-order chi connectivity index (χ1) is 14.4. The van der Waals surface area contributed by atoms with Gasteiger partial charge in [0.15, 0.2) is 14.6 Å². The smallest absolute Gasteiger partial charge is 0.248 e. The lowest BCUT2D eigenvalue weighted by Gasteiger charge is -2.05. The Morgan fingerprint density at radius 2 is 1.97 bits per heavy atom. The van der Waals surface area contributed by atoms with Crippen LogP contribution in [0.25, 0.3) is 10.2 Å². The van der Waals surface area contributed by atoms with Crippen molar-refractivity contribution in [3.63, 3.8) is 0 Å². The zero-order chi connectivity index (χ0) is 21.6. The van der Waals surface area contributed by atoms with E-state index in [2.05, 4.69) is 20.9 Å². The van der Waals surface area contributed by atoms with E-state index in [0.29, 0.717) is 24.6 Å². The lowest BCUT2D eigenvalue weighted by atomic mass is 10.3. The Balaban J connectivity index is 1.75. The summed E-state index contributed by atoms with van der Waals surface area (Å²) in [5, 5.41) is 0. The number of hydrogen-bond acceptors (Lipinski definition) is 5. The van der Waals surface area contributed by atoms with Gasteiger partial charge >= 0.3 is 0 Å². The largest absolute Gasteiger partial charge is 0.380 e. The standard InChI is InChI=1S/C21H23BrN2O4S2/c1-2-28-13-12-24-18-11-10-16(22)15-19(18)29-21(24)23-20(25)9-6-14-30(26,27)17-7-4-3-5-8-17/h3-5,7-8,10-11,15H,2,6,9,12-14H2,1H3. The van der Waals surface area contributed by atoms with Gasteiger partial charge in [-0.05, 0) is 43.7 Å². The van der Waals surface area contributed by atoms with Crippen LogP contribution in [0.5, 0.6) is 0 Å². The lowest BCUT2D eigenvalue weighted by molar-refractivity contribution is -0.118. The maximum absolute atomic E-state index is 12.5. The summed E-state index contributed by atoms with van der Waals surface area (Å²) in [6.07, 6.45) is 0.310. The van der Waals surface area contributed by atoms with E-state index in [-0.39, 0.29) is 29.4 Å². The number of carbonyl (C=O) groups excluding carboxylic acids is 1. The minimum absolute atomic E-state index is 0.0788. The van der Waals surface area contributed by atoms with Crippen molar-refractivity contribution in [3.05, 3.63) is 57.8 Å². The van der Waals surface area contributed by atoms with Crippen LogP contribution in [0.15, 0.2) is 62.9 Å². The zero-order valence-electron chi connectivity index (χ0n) is 16.6. The second-order valence-corrected chi connectivity index (χ2v) is 10.6. The number of rotatable bonds is 9. The molecular formula is C21H23BrN2O4S2. The van der Waals surface area contributed by atoms with Gasteiger partial charge in [0, 0.05) is 24.0 Å². The molecule has 2 aromatic carbocycles. The highest BCUT2D eigenvalue weighted by Gasteiger charge is 2.15. The summed E-state index contributed by atoms with van der Waals surface area (Å²) in [6, 6.07) is 14.2. The third kappa shape index (κ3) is 5.87. The third-order valence-electron chi connectivity index (χ3n) is 4.43. The fourth-order valence-electron chi connectivity index (χ4n) is 2.97. The van der Waals surface area contributed by atoms with Crippen molar-refractivity contribution in [1.82, 2.24) is 4.57 Å². The SMILES string of the molecule is CCOCCn1c(=NC(=O)CCCS(=O)(=O)c2ccccc2)sc2cc(Br)ccc21. The van der Waals surface area contributed by atoms with Gasteiger partial charge in [-0.15, -0.1) is 0 Å². The van der Waals surface area contributed by atoms with Crippen LogP contribution in [0.4, 0.5) is 0 Å². The summed E-state index contributed by atoms with van der Waals surface area (Å²) in [7, 11) is -3.40. The maximum Gasteiger partial charge on any atom is 0.248 e. The molecule has 160 valence electrons. The molecule has 0 aliphatic carbocycles. The summed E-state index contributed by atoms with van der Waals surface area (Å²) < 4.78 is 34.1. The van der Waals surface area contributed by atoms with Crippen LogP contribution in [0.3, 0.4) is 0 Å². The molecule has 1 aromatic heterocycles. The van der Waals surface area contributed by atoms with E-state index in [1.54, 1.807) is 30.3 Å². The zero-order valence-corrected chi connectivity index (χ0v) is 19.8. The van der Waals surface area contributed by atoms with Crippen LogP contribution in [0, 0.1) is 0 Å². The van der Waals surface area contributed by atoms with Crippen LogP contribution in [-0.2, 0) is 25.9 Å². The normalized spacial score (nSPS) is 12.5. The molecule has 3 rings (SSSR count). The third-order valence-corrected chi connectivity index (χ3v) is 7.79. The van der Waals surface area contributed by atoms with Crippen molar-refractivity contribution in [2.45, 2.75) is 31.2 Å². The Labute approximate surface area is 188 Å². The second-order valence-electron chi connectivity index (χ2n) is 6.59. The van der Waals surface area contributed by atoms with Gasteiger partial charge in [0.2, 0.25) is 5.91 Å². The monoisotopic (exact) mass is 510 g/mol. The first-order valence-corrected chi connectivity index (χ1v) is 12.9. The van der Waals surface area contributed by atoms with Crippen molar-refractivity contribution < 1.29 is 17.9 Å². The van der Waals surface area contributed by atoms with E-state index < -0.39 is 9.84 Å². The second kappa shape index (κ2) is 10.5. The van der Waals surface area contributed by atoms with Crippen molar-refractivity contribution in [2.75, 3.05) is 19.0 Å². The number of carbonyl (C=O) groups is 1. The Kier molecular flexibility index (Phi) is 7.99. The number of amides is 1. The van der Waals surface area contributed by atoms with Crippen LogP contribution >= 0.6 is 27.3 Å². The number of sulfone groups is 1. The van der Waals surface area contributed by atoms with E-state index >= 15 is 0 Å². The van der Waals surface area contributed by atoms with Gasteiger partial charge in [-0.1, -0.05) is 45.5 Å². The average molecular weight is 511 g/mol. The van der Waals surface area contributed by atoms with Gasteiger partial charge in [0.25, 0.3) is 0 Å². The minimum Gasteiger partial charge on any atom is -0.380 e. The Hall–Kier alpha value is -1.81. The molecule has 0 N–H and O–H groups in total. The van der Waals surface area contributed by atoms with E-state index in [1.165, 1.54) is 11.3 Å². The molecule has 0 atom stereocenters. The van der Waals surface area contributed by atoms with Gasteiger partial charge < -0.3 is 9.30 Å². The molecule has 0 spiro atoms. The van der Waals surface area contributed by atoms with Gasteiger partial charge in [0.05, 0.1) is 27.5 Å². The molecule has 0 fully saturated rings. The summed E-state index contributed by atoms with van der Waals surface area (Å²) in [6.45, 7) is 3.67. The molecule has 9 heteroatoms. The predicted octanol–water partition coefficient (Wildman–Crippen LogP) is 4.18. The quantitative estimate of drug-likeness (QED) is 0.404. The minimum atomic E-state index is -3.40. The van der Waals surface area contributed by atoms with Crippen molar-refractivity contribution in [2.24, 2.45) is 4.99 Å². The highest BCUT2D eigenvalue weighted by Crippen LogP contribution is 2.22. The number of aromatic nitrogens is 1. The number of nitrogens with zero attached hydrogens (tertiary/aromatic N) is 2. The Morgan fingerprint density at radius 1 is 1.20 bits per heavy atom. The summed E-state index contributed by atoms with van der Waals surface area (Å²) >= 11 is 4.90. The van der Waals surface area contributed by atoms with Gasteiger partial charge in [-0.25, -0.2) is 8.42 Å². The molecule has 0 saturated carbocycles. The lowest BCUT2D eigenvalue weighted by Crippen LogP contribution is -2.20. The molecule has 0 bridgehead atoms. The van der Waals surface area contributed by atoms with E-state index in [1.807, 2.05) is 29.7 Å². The number of hydrogen-bond donors (Lipinski definition) is 0. The first-order valence-electron chi connectivity index (χ1n) is 9.62. The van der Waals surface area contributed by atoms with Gasteiger partial charge in [-0.2, -0.15) is 4.99 Å². The molecular weight excluding hydrogens is 488 g/mol. The Bertz CT molecular complexity index is 1180. The fourth-order valence-corrected chi connectivity index (χ4v) is 5.93. The number of fused-ring (bicyclic) bond motifs is 1. The highest BCUT2D eigenvalue weighted by molar-refractivity contribution is 9.10. The van der Waals surface area contributed by atoms with Crippen LogP contribution in [0.2, 0.25) is 0 Å². The van der Waals surface area contributed by atoms with E-state index in [9.17, 15) is 13.2 Å². The van der Waals surface area contributed by atoms with Crippen LogP contribution in [-0.4, -0.2) is 37.9 Å². The summed E-state index contributed by atoms with van der Waals surface area (Å²) in [5.41, 5.74) is 0.987. The molecule has 0 aliphatic heterocycles. The molecule has 0 aliphatic rings. The summed E-state index contributed by atoms with van der Waals surface area (Å²) in [4.78, 5) is 17.6. The molecule has 3 aromatic rings. The number of halogens is 1. The molecule has 0 radical (unpaired) electrons. The average Bonchev–Trinajstić information content (AvgIpc) is 3.04. The molecule has 1 amide bonds. The molecule has 30 heavy (non-hydrogen) atoms. The maximum atomic E-state index is 12.5. The molecule has 0 saturated heterocycles. The predicted molar refractivity (Wildman–Crippen MR) is 122 cm³/mol. The Morgan fingerprint density at radius 3 is 2.70 bits per heavy atom. The molecule has 0 unspecified atom stereocenters. The van der Waals surface area contributed by atoms with Crippen molar-refractivity contribution in [1.29, 1.82) is 0 Å². The topological polar surface area (TPSA) is 77.7 Å². The van der Waals surface area contributed by atoms with E-state index in [4.69, 9.17) is 4.74 Å². The number of ether oxygens (including phenoxy) is 1. The number of benzene rings is 2. The fraction of sp³-hybridized carbons (Fsp3) is 0.333. The summed E-state index contributed by atoms with van der Waals surface area (Å²) in [5.74, 6) is -0.406. The first kappa shape index (κ1) is 22.9. The number of thiazole rings is 1. The molecule has 1 heterocycles. The van der Waals surface area contributed by atoms with E-state index in [0.717, 1.165) is 14.7 Å². The van der Waals surface area contributed by atoms with Crippen LogP contribution in [0.1, 0.15) is 19.8 Å². The highest BCUT2D eigenvalue weighted by atomic mass is 79.9. The molecule has 6 nitrogen and oxygen atoms in total. The van der Waals surface area contributed by atoms with Crippen LogP contribution < -0.4 is 4.80 Å². The van der Waals surface area contributed by atoms with Gasteiger partial charge in [-0.3, -0.25) is 4.79 Å². The van der Waals surface area contributed by atoms with Gasteiger partial charge in [0.1, 0.15) is 0 Å². The van der Waals surface area contributed by atoms with Crippen molar-refractivity contribution >= 4 is 53.2 Å². The van der Waals surface area contributed by atoms with Crippen molar-refractivity contribution in [3.8, 4) is 0 Å².